The van der Waals surface area contributed by atoms with Crippen molar-refractivity contribution < 1.29 is 19.6 Å². The van der Waals surface area contributed by atoms with E-state index in [1.54, 1.807) is 46.7 Å². The van der Waals surface area contributed by atoms with E-state index >= 15 is 0 Å². The highest BCUT2D eigenvalue weighted by molar-refractivity contribution is 7.12. The quantitative estimate of drug-likeness (QED) is 0.647. The second-order valence-electron chi connectivity index (χ2n) is 6.73. The fourth-order valence-corrected chi connectivity index (χ4v) is 4.33. The minimum absolute atomic E-state index is 0.143. The van der Waals surface area contributed by atoms with E-state index in [0.29, 0.717) is 16.4 Å². The lowest BCUT2D eigenvalue weighted by molar-refractivity contribution is -0.895. The van der Waals surface area contributed by atoms with Gasteiger partial charge in [0.05, 0.1) is 42.7 Å². The first-order chi connectivity index (χ1) is 13.5. The Bertz CT molecular complexity index is 874. The van der Waals surface area contributed by atoms with Gasteiger partial charge in [0.15, 0.2) is 5.76 Å². The molecule has 1 atom stereocenters. The van der Waals surface area contributed by atoms with Gasteiger partial charge in [0.2, 0.25) is 5.78 Å². The number of thiophene rings is 1. The molecule has 0 fully saturated rings. The van der Waals surface area contributed by atoms with Crippen LogP contribution in [0.15, 0.2) is 53.1 Å². The van der Waals surface area contributed by atoms with Crippen molar-refractivity contribution in [2.45, 2.75) is 19.9 Å². The number of hydrogen-bond acceptors (Lipinski definition) is 4. The maximum Gasteiger partial charge on any atom is 0.290 e. The number of carbonyl (C=O) groups is 2. The van der Waals surface area contributed by atoms with Crippen molar-refractivity contribution in [3.63, 3.8) is 0 Å². The van der Waals surface area contributed by atoms with E-state index in [9.17, 15) is 14.7 Å². The van der Waals surface area contributed by atoms with Gasteiger partial charge < -0.3 is 14.9 Å². The summed E-state index contributed by atoms with van der Waals surface area (Å²) < 4.78 is 0. The Labute approximate surface area is 173 Å². The molecule has 1 aliphatic rings. The molecule has 0 saturated heterocycles. The second kappa shape index (κ2) is 8.90. The first kappa shape index (κ1) is 20.6. The topological polar surface area (TPSA) is 62.1 Å². The highest BCUT2D eigenvalue weighted by Crippen LogP contribution is 2.39. The molecule has 28 heavy (non-hydrogen) atoms. The molecule has 0 radical (unpaired) electrons. The molecule has 0 bridgehead atoms. The number of benzene rings is 1. The number of amides is 1. The molecular weight excluding hydrogens is 396 g/mol. The van der Waals surface area contributed by atoms with E-state index in [4.69, 9.17) is 11.6 Å². The molecule has 0 aliphatic carbocycles. The summed E-state index contributed by atoms with van der Waals surface area (Å²) in [5, 5.41) is 13.0. The zero-order chi connectivity index (χ0) is 20.3. The number of Topliss-reactive ketones (excluding diaryl/α,β-unsaturated/α-hetero) is 1. The van der Waals surface area contributed by atoms with Crippen molar-refractivity contribution in [3.05, 3.63) is 68.6 Å². The number of nitrogens with one attached hydrogen (secondary N) is 1. The number of aliphatic hydroxyl groups is 1. The van der Waals surface area contributed by atoms with Crippen LogP contribution in [0.1, 0.15) is 35.1 Å². The van der Waals surface area contributed by atoms with Crippen molar-refractivity contribution in [2.75, 3.05) is 26.2 Å². The maximum absolute atomic E-state index is 13.1. The second-order valence-corrected chi connectivity index (χ2v) is 8.11. The van der Waals surface area contributed by atoms with Crippen LogP contribution >= 0.6 is 22.9 Å². The van der Waals surface area contributed by atoms with Crippen LogP contribution in [0.4, 0.5) is 0 Å². The summed E-state index contributed by atoms with van der Waals surface area (Å²) in [6.07, 6.45) is 0. The number of nitrogens with zero attached hydrogens (tertiary/aromatic N) is 1. The van der Waals surface area contributed by atoms with Gasteiger partial charge in [-0.05, 0) is 43.0 Å². The lowest BCUT2D eigenvalue weighted by Gasteiger charge is -2.28. The van der Waals surface area contributed by atoms with Crippen LogP contribution in [0.25, 0.3) is 0 Å². The van der Waals surface area contributed by atoms with Gasteiger partial charge in [0.25, 0.3) is 5.91 Å². The molecule has 0 saturated carbocycles. The summed E-state index contributed by atoms with van der Waals surface area (Å²) in [7, 11) is 0. The molecule has 0 unspecified atom stereocenters. The van der Waals surface area contributed by atoms with E-state index in [1.165, 1.54) is 16.2 Å². The largest absolute Gasteiger partial charge is 0.503 e. The zero-order valence-corrected chi connectivity index (χ0v) is 17.5. The van der Waals surface area contributed by atoms with Gasteiger partial charge in [-0.15, -0.1) is 11.3 Å². The van der Waals surface area contributed by atoms with E-state index < -0.39 is 17.7 Å². The molecule has 2 aromatic rings. The molecule has 3 rings (SSSR count). The maximum atomic E-state index is 13.1. The van der Waals surface area contributed by atoms with Crippen molar-refractivity contribution in [1.29, 1.82) is 0 Å². The SMILES string of the molecule is CC[NH+](CC)CCN1C(=O)C(O)=C(C(=O)c2cccs2)[C@@H]1c1ccc(Cl)cc1. The third kappa shape index (κ3) is 3.99. The summed E-state index contributed by atoms with van der Waals surface area (Å²) in [5.41, 5.74) is 0.903. The van der Waals surface area contributed by atoms with E-state index in [2.05, 4.69) is 13.8 Å². The number of rotatable bonds is 8. The van der Waals surface area contributed by atoms with Gasteiger partial charge in [-0.25, -0.2) is 0 Å². The third-order valence-electron chi connectivity index (χ3n) is 5.19. The Kier molecular flexibility index (Phi) is 6.54. The minimum atomic E-state index is -0.616. The fourth-order valence-electron chi connectivity index (χ4n) is 3.53. The third-order valence-corrected chi connectivity index (χ3v) is 6.31. The molecule has 1 aromatic heterocycles. The van der Waals surface area contributed by atoms with Crippen molar-refractivity contribution in [3.8, 4) is 0 Å². The lowest BCUT2D eigenvalue weighted by atomic mass is 9.95. The number of hydrogen-bond donors (Lipinski definition) is 2. The Morgan fingerprint density at radius 3 is 2.46 bits per heavy atom. The van der Waals surface area contributed by atoms with Crippen LogP contribution < -0.4 is 4.90 Å². The molecule has 2 N–H and O–H groups in total. The summed E-state index contributed by atoms with van der Waals surface area (Å²) in [6, 6.07) is 9.95. The monoisotopic (exact) mass is 419 g/mol. The summed E-state index contributed by atoms with van der Waals surface area (Å²) in [6.45, 7) is 7.30. The number of quaternary nitrogens is 1. The first-order valence-corrected chi connectivity index (χ1v) is 10.6. The zero-order valence-electron chi connectivity index (χ0n) is 15.9. The predicted octanol–water partition coefficient (Wildman–Crippen LogP) is 2.90. The molecule has 1 amide bonds. The van der Waals surface area contributed by atoms with Crippen molar-refractivity contribution in [1.82, 2.24) is 4.90 Å². The van der Waals surface area contributed by atoms with Crippen LogP contribution in [0.2, 0.25) is 5.02 Å². The van der Waals surface area contributed by atoms with E-state index in [-0.39, 0.29) is 11.4 Å². The minimum Gasteiger partial charge on any atom is -0.503 e. The number of halogens is 1. The van der Waals surface area contributed by atoms with Gasteiger partial charge in [-0.1, -0.05) is 29.8 Å². The summed E-state index contributed by atoms with van der Waals surface area (Å²) in [5.74, 6) is -1.25. The molecule has 148 valence electrons. The van der Waals surface area contributed by atoms with Gasteiger partial charge in [-0.2, -0.15) is 0 Å². The standard InChI is InChI=1S/C21H23ClN2O3S/c1-3-23(4-2)11-12-24-18(14-7-9-15(22)10-8-14)17(20(26)21(24)27)19(25)16-6-5-13-28-16/h5-10,13,18,26H,3-4,11-12H2,1-2H3/p+1/t18-/m0/s1. The molecule has 5 nitrogen and oxygen atoms in total. The van der Waals surface area contributed by atoms with Crippen LogP contribution in [0.5, 0.6) is 0 Å². The average molecular weight is 420 g/mol. The number of carbonyl (C=O) groups excluding carboxylic acids is 2. The smallest absolute Gasteiger partial charge is 0.290 e. The number of aliphatic hydroxyl groups excluding tert-OH is 1. The Balaban J connectivity index is 1.99. The highest BCUT2D eigenvalue weighted by Gasteiger charge is 2.44. The lowest BCUT2D eigenvalue weighted by Crippen LogP contribution is -3.12. The van der Waals surface area contributed by atoms with E-state index in [1.807, 2.05) is 0 Å². The van der Waals surface area contributed by atoms with Gasteiger partial charge in [0.1, 0.15) is 0 Å². The van der Waals surface area contributed by atoms with Crippen molar-refractivity contribution in [2.24, 2.45) is 0 Å². The van der Waals surface area contributed by atoms with E-state index in [0.717, 1.165) is 25.2 Å². The molecular formula is C21H24ClN2O3S+. The van der Waals surface area contributed by atoms with Crippen LogP contribution in [0, 0.1) is 0 Å². The number of ketones is 1. The molecule has 1 aromatic carbocycles. The van der Waals surface area contributed by atoms with Gasteiger partial charge in [0, 0.05) is 5.02 Å². The fraction of sp³-hybridized carbons (Fsp3) is 0.333. The van der Waals surface area contributed by atoms with Crippen LogP contribution in [0.3, 0.4) is 0 Å². The average Bonchev–Trinajstić information content (AvgIpc) is 3.32. The Morgan fingerprint density at radius 2 is 1.89 bits per heavy atom. The summed E-state index contributed by atoms with van der Waals surface area (Å²) >= 11 is 7.32. The molecule has 2 heterocycles. The predicted molar refractivity (Wildman–Crippen MR) is 111 cm³/mol. The van der Waals surface area contributed by atoms with Gasteiger partial charge in [-0.3, -0.25) is 9.59 Å². The molecule has 7 heteroatoms. The Morgan fingerprint density at radius 1 is 1.21 bits per heavy atom. The number of likely N-dealkylation sites (N-methyl/N-ethyl adjacent to an activating group) is 1. The highest BCUT2D eigenvalue weighted by atomic mass is 35.5. The molecule has 1 aliphatic heterocycles. The van der Waals surface area contributed by atoms with Crippen LogP contribution in [-0.4, -0.2) is 47.9 Å². The Hall–Kier alpha value is -2.15. The normalized spacial score (nSPS) is 17.1. The summed E-state index contributed by atoms with van der Waals surface area (Å²) in [4.78, 5) is 29.4. The van der Waals surface area contributed by atoms with Gasteiger partial charge >= 0.3 is 0 Å². The first-order valence-electron chi connectivity index (χ1n) is 9.39. The molecule has 0 spiro atoms. The van der Waals surface area contributed by atoms with Crippen molar-refractivity contribution >= 4 is 34.6 Å². The van der Waals surface area contributed by atoms with Crippen LogP contribution in [-0.2, 0) is 4.79 Å².